The van der Waals surface area contributed by atoms with Crippen LogP contribution in [0.3, 0.4) is 0 Å². The molecule has 0 aliphatic heterocycles. The van der Waals surface area contributed by atoms with Gasteiger partial charge < -0.3 is 10.1 Å². The van der Waals surface area contributed by atoms with Gasteiger partial charge in [-0.2, -0.15) is 0 Å². The van der Waals surface area contributed by atoms with E-state index in [0.29, 0.717) is 23.4 Å². The first-order valence-electron chi connectivity index (χ1n) is 7.34. The highest BCUT2D eigenvalue weighted by Gasteiger charge is 2.08. The van der Waals surface area contributed by atoms with E-state index in [1.165, 1.54) is 0 Å². The van der Waals surface area contributed by atoms with Gasteiger partial charge in [0, 0.05) is 11.3 Å². The van der Waals surface area contributed by atoms with Gasteiger partial charge in [-0.05, 0) is 42.8 Å². The largest absolute Gasteiger partial charge is 0.462 e. The van der Waals surface area contributed by atoms with E-state index in [9.17, 15) is 9.59 Å². The van der Waals surface area contributed by atoms with E-state index < -0.39 is 0 Å². The molecule has 1 amide bonds. The molecule has 0 saturated carbocycles. The second-order valence-electron chi connectivity index (χ2n) is 4.89. The quantitative estimate of drug-likeness (QED) is 0.650. The number of benzene rings is 2. The highest BCUT2D eigenvalue weighted by molar-refractivity contribution is 6.04. The fraction of sp³-hybridized carbons (Fsp3) is 0.222. The van der Waals surface area contributed by atoms with Crippen molar-refractivity contribution in [1.82, 2.24) is 0 Å². The van der Waals surface area contributed by atoms with Crippen molar-refractivity contribution < 1.29 is 14.3 Å². The Morgan fingerprint density at radius 2 is 1.64 bits per heavy atom. The van der Waals surface area contributed by atoms with Gasteiger partial charge in [-0.25, -0.2) is 4.79 Å². The number of esters is 1. The molecule has 0 radical (unpaired) electrons. The zero-order valence-corrected chi connectivity index (χ0v) is 12.5. The molecule has 2 aromatic carbocycles. The molecule has 2 rings (SSSR count). The third kappa shape index (κ3) is 4.45. The molecule has 0 bridgehead atoms. The summed E-state index contributed by atoms with van der Waals surface area (Å²) < 4.78 is 5.13. The van der Waals surface area contributed by atoms with Gasteiger partial charge in [-0.15, -0.1) is 0 Å². The van der Waals surface area contributed by atoms with E-state index in [4.69, 9.17) is 4.74 Å². The Hall–Kier alpha value is -2.62. The fourth-order valence-electron chi connectivity index (χ4n) is 1.87. The second kappa shape index (κ2) is 7.98. The van der Waals surface area contributed by atoms with Crippen molar-refractivity contribution in [1.29, 1.82) is 0 Å². The number of ether oxygens (including phenoxy) is 1. The summed E-state index contributed by atoms with van der Waals surface area (Å²) in [5.74, 6) is -0.520. The first-order chi connectivity index (χ1) is 10.7. The van der Waals surface area contributed by atoms with E-state index in [1.54, 1.807) is 36.4 Å². The van der Waals surface area contributed by atoms with Crippen LogP contribution in [-0.2, 0) is 4.74 Å². The maximum atomic E-state index is 12.0. The molecule has 0 aliphatic carbocycles. The highest BCUT2D eigenvalue weighted by Crippen LogP contribution is 2.12. The van der Waals surface area contributed by atoms with Crippen LogP contribution in [0.2, 0.25) is 0 Å². The summed E-state index contributed by atoms with van der Waals surface area (Å²) in [4.78, 5) is 23.8. The van der Waals surface area contributed by atoms with Gasteiger partial charge in [-0.3, -0.25) is 4.79 Å². The molecule has 0 saturated heterocycles. The number of amides is 1. The van der Waals surface area contributed by atoms with Crippen molar-refractivity contribution in [3.63, 3.8) is 0 Å². The van der Waals surface area contributed by atoms with Gasteiger partial charge in [0.15, 0.2) is 0 Å². The Morgan fingerprint density at radius 3 is 2.27 bits per heavy atom. The van der Waals surface area contributed by atoms with Gasteiger partial charge in [0.05, 0.1) is 12.2 Å². The molecule has 114 valence electrons. The number of anilines is 1. The van der Waals surface area contributed by atoms with Crippen LogP contribution >= 0.6 is 0 Å². The fourth-order valence-corrected chi connectivity index (χ4v) is 1.87. The number of carbonyl (C=O) groups excluding carboxylic acids is 2. The first kappa shape index (κ1) is 15.8. The van der Waals surface area contributed by atoms with Crippen molar-refractivity contribution in [2.45, 2.75) is 19.8 Å². The third-order valence-corrected chi connectivity index (χ3v) is 3.15. The topological polar surface area (TPSA) is 55.4 Å². The Labute approximate surface area is 130 Å². The molecule has 1 N–H and O–H groups in total. The number of carbonyl (C=O) groups is 2. The summed E-state index contributed by atoms with van der Waals surface area (Å²) in [6, 6.07) is 15.6. The molecule has 2 aromatic rings. The van der Waals surface area contributed by atoms with Crippen molar-refractivity contribution in [2.24, 2.45) is 0 Å². The maximum absolute atomic E-state index is 12.0. The van der Waals surface area contributed by atoms with Crippen LogP contribution in [0, 0.1) is 0 Å². The van der Waals surface area contributed by atoms with Crippen molar-refractivity contribution >= 4 is 17.6 Å². The van der Waals surface area contributed by atoms with Gasteiger partial charge in [0.2, 0.25) is 0 Å². The van der Waals surface area contributed by atoms with E-state index in [-0.39, 0.29) is 11.9 Å². The second-order valence-corrected chi connectivity index (χ2v) is 4.89. The summed E-state index contributed by atoms with van der Waals surface area (Å²) in [6.07, 6.45) is 1.84. The first-order valence-corrected chi connectivity index (χ1v) is 7.34. The molecule has 0 aromatic heterocycles. The maximum Gasteiger partial charge on any atom is 0.338 e. The average molecular weight is 297 g/mol. The van der Waals surface area contributed by atoms with Crippen LogP contribution in [0.25, 0.3) is 0 Å². The number of rotatable bonds is 6. The molecule has 0 atom stereocenters. The number of nitrogens with one attached hydrogen (secondary N) is 1. The van der Waals surface area contributed by atoms with Crippen molar-refractivity contribution in [3.05, 3.63) is 65.7 Å². The van der Waals surface area contributed by atoms with Crippen LogP contribution in [0.4, 0.5) is 5.69 Å². The minimum absolute atomic E-state index is 0.182. The summed E-state index contributed by atoms with van der Waals surface area (Å²) in [6.45, 7) is 2.47. The smallest absolute Gasteiger partial charge is 0.338 e. The highest BCUT2D eigenvalue weighted by atomic mass is 16.5. The number of unbranched alkanes of at least 4 members (excludes halogenated alkanes) is 1. The molecule has 0 aliphatic rings. The monoisotopic (exact) mass is 297 g/mol. The summed E-state index contributed by atoms with van der Waals surface area (Å²) in [5.41, 5.74) is 1.71. The van der Waals surface area contributed by atoms with E-state index in [2.05, 4.69) is 5.32 Å². The van der Waals surface area contributed by atoms with Crippen molar-refractivity contribution in [3.8, 4) is 0 Å². The third-order valence-electron chi connectivity index (χ3n) is 3.15. The predicted molar refractivity (Wildman–Crippen MR) is 86.0 cm³/mol. The molecule has 0 heterocycles. The lowest BCUT2D eigenvalue weighted by Gasteiger charge is -2.07. The van der Waals surface area contributed by atoms with Gasteiger partial charge >= 0.3 is 5.97 Å². The van der Waals surface area contributed by atoms with Gasteiger partial charge in [0.25, 0.3) is 5.91 Å². The summed E-state index contributed by atoms with van der Waals surface area (Å²) in [5, 5.41) is 2.79. The molecule has 0 spiro atoms. The Bertz CT molecular complexity index is 621. The average Bonchev–Trinajstić information content (AvgIpc) is 2.56. The van der Waals surface area contributed by atoms with Gasteiger partial charge in [0.1, 0.15) is 0 Å². The van der Waals surface area contributed by atoms with Crippen LogP contribution in [0.5, 0.6) is 0 Å². The van der Waals surface area contributed by atoms with E-state index in [0.717, 1.165) is 12.8 Å². The van der Waals surface area contributed by atoms with Crippen molar-refractivity contribution in [2.75, 3.05) is 11.9 Å². The molecular formula is C18H19NO3. The molecule has 4 heteroatoms. The van der Waals surface area contributed by atoms with E-state index >= 15 is 0 Å². The van der Waals surface area contributed by atoms with Gasteiger partial charge in [-0.1, -0.05) is 31.5 Å². The summed E-state index contributed by atoms with van der Waals surface area (Å²) >= 11 is 0. The Balaban J connectivity index is 1.94. The normalized spacial score (nSPS) is 10.0. The molecule has 4 nitrogen and oxygen atoms in total. The summed E-state index contributed by atoms with van der Waals surface area (Å²) in [7, 11) is 0. The SMILES string of the molecule is CCCCOC(=O)c1ccc(NC(=O)c2ccccc2)cc1. The van der Waals surface area contributed by atoms with Crippen LogP contribution < -0.4 is 5.32 Å². The molecule has 22 heavy (non-hydrogen) atoms. The van der Waals surface area contributed by atoms with E-state index in [1.807, 2.05) is 25.1 Å². The number of hydrogen-bond donors (Lipinski definition) is 1. The minimum Gasteiger partial charge on any atom is -0.462 e. The minimum atomic E-state index is -0.339. The zero-order chi connectivity index (χ0) is 15.8. The van der Waals surface area contributed by atoms with Crippen LogP contribution in [0.15, 0.2) is 54.6 Å². The standard InChI is InChI=1S/C18H19NO3/c1-2-3-13-22-18(21)15-9-11-16(12-10-15)19-17(20)14-7-5-4-6-8-14/h4-12H,2-3,13H2,1H3,(H,19,20). The zero-order valence-electron chi connectivity index (χ0n) is 12.5. The van der Waals surface area contributed by atoms with Crippen LogP contribution in [-0.4, -0.2) is 18.5 Å². The lowest BCUT2D eigenvalue weighted by Crippen LogP contribution is -2.12. The lowest BCUT2D eigenvalue weighted by molar-refractivity contribution is 0.0499. The van der Waals surface area contributed by atoms with Crippen LogP contribution in [0.1, 0.15) is 40.5 Å². The lowest BCUT2D eigenvalue weighted by atomic mass is 10.2. The Kier molecular flexibility index (Phi) is 5.72. The Morgan fingerprint density at radius 1 is 0.955 bits per heavy atom. The number of hydrogen-bond acceptors (Lipinski definition) is 3. The molecule has 0 fully saturated rings. The molecular weight excluding hydrogens is 278 g/mol. The molecule has 0 unspecified atom stereocenters. The predicted octanol–water partition coefficient (Wildman–Crippen LogP) is 3.90.